The van der Waals surface area contributed by atoms with Crippen LogP contribution in [0.3, 0.4) is 0 Å². The van der Waals surface area contributed by atoms with E-state index in [4.69, 9.17) is 5.26 Å². The normalized spacial score (nSPS) is 17.7. The standard InChI is InChI=1S/C14H24N4/c1-5-8-9-10-14(7-3,12-16)18-17-13(4,6-2)11-15/h5-10H2,1-4H3. The van der Waals surface area contributed by atoms with Crippen LogP contribution in [0.2, 0.25) is 0 Å². The quantitative estimate of drug-likeness (QED) is 0.472. The summed E-state index contributed by atoms with van der Waals surface area (Å²) in [6, 6.07) is 4.42. The average Bonchev–Trinajstić information content (AvgIpc) is 2.42. The van der Waals surface area contributed by atoms with Crippen LogP contribution in [0.4, 0.5) is 0 Å². The van der Waals surface area contributed by atoms with Crippen LogP contribution in [0.5, 0.6) is 0 Å². The highest BCUT2D eigenvalue weighted by molar-refractivity contribution is 5.08. The molecule has 2 unspecified atom stereocenters. The van der Waals surface area contributed by atoms with Gasteiger partial charge >= 0.3 is 0 Å². The van der Waals surface area contributed by atoms with E-state index in [0.717, 1.165) is 25.7 Å². The highest BCUT2D eigenvalue weighted by Crippen LogP contribution is 2.26. The van der Waals surface area contributed by atoms with Gasteiger partial charge in [-0.3, -0.25) is 0 Å². The van der Waals surface area contributed by atoms with Crippen LogP contribution in [0.25, 0.3) is 0 Å². The SMILES string of the molecule is CCCCCC(C#N)(CC)N=NC(C)(C#N)CC. The Morgan fingerprint density at radius 1 is 0.944 bits per heavy atom. The molecule has 2 atom stereocenters. The Bertz CT molecular complexity index is 350. The number of nitrogens with zero attached hydrogens (tertiary/aromatic N) is 4. The lowest BCUT2D eigenvalue weighted by molar-refractivity contribution is 0.409. The first-order valence-corrected chi connectivity index (χ1v) is 6.78. The Morgan fingerprint density at radius 2 is 1.61 bits per heavy atom. The molecule has 4 heteroatoms. The van der Waals surface area contributed by atoms with Crippen LogP contribution < -0.4 is 0 Å². The topological polar surface area (TPSA) is 72.3 Å². The molecule has 0 aliphatic carbocycles. The van der Waals surface area contributed by atoms with E-state index in [9.17, 15) is 5.26 Å². The highest BCUT2D eigenvalue weighted by Gasteiger charge is 2.29. The highest BCUT2D eigenvalue weighted by atomic mass is 15.2. The Kier molecular flexibility index (Phi) is 7.20. The fourth-order valence-electron chi connectivity index (χ4n) is 1.50. The van der Waals surface area contributed by atoms with Crippen molar-refractivity contribution >= 4 is 0 Å². The lowest BCUT2D eigenvalue weighted by Crippen LogP contribution is -2.25. The maximum Gasteiger partial charge on any atom is 0.167 e. The summed E-state index contributed by atoms with van der Waals surface area (Å²) >= 11 is 0. The molecule has 0 fully saturated rings. The molecule has 0 aromatic rings. The van der Waals surface area contributed by atoms with Crippen LogP contribution in [0.1, 0.15) is 66.2 Å². The molecule has 0 aliphatic heterocycles. The van der Waals surface area contributed by atoms with Gasteiger partial charge in [0.05, 0.1) is 12.1 Å². The summed E-state index contributed by atoms with van der Waals surface area (Å²) in [4.78, 5) is 0. The van der Waals surface area contributed by atoms with Crippen molar-refractivity contribution in [2.75, 3.05) is 0 Å². The molecular weight excluding hydrogens is 224 g/mol. The van der Waals surface area contributed by atoms with Gasteiger partial charge in [0.1, 0.15) is 0 Å². The van der Waals surface area contributed by atoms with Gasteiger partial charge in [0.25, 0.3) is 0 Å². The summed E-state index contributed by atoms with van der Waals surface area (Å²) in [7, 11) is 0. The predicted molar refractivity (Wildman–Crippen MR) is 71.9 cm³/mol. The third-order valence-electron chi connectivity index (χ3n) is 3.38. The van der Waals surface area contributed by atoms with Crippen LogP contribution in [0, 0.1) is 22.7 Å². The van der Waals surface area contributed by atoms with Crippen molar-refractivity contribution in [2.45, 2.75) is 77.3 Å². The molecule has 0 saturated carbocycles. The van der Waals surface area contributed by atoms with Crippen molar-refractivity contribution in [1.82, 2.24) is 0 Å². The first kappa shape index (κ1) is 16.6. The first-order valence-electron chi connectivity index (χ1n) is 6.78. The number of nitriles is 2. The lowest BCUT2D eigenvalue weighted by atomic mass is 9.92. The van der Waals surface area contributed by atoms with Crippen molar-refractivity contribution in [3.8, 4) is 12.1 Å². The van der Waals surface area contributed by atoms with Gasteiger partial charge in [-0.05, 0) is 32.6 Å². The van der Waals surface area contributed by atoms with Crippen LogP contribution in [0.15, 0.2) is 10.2 Å². The van der Waals surface area contributed by atoms with E-state index >= 15 is 0 Å². The van der Waals surface area contributed by atoms with Crippen molar-refractivity contribution < 1.29 is 0 Å². The predicted octanol–water partition coefficient (Wildman–Crippen LogP) is 4.38. The van der Waals surface area contributed by atoms with E-state index < -0.39 is 11.1 Å². The maximum atomic E-state index is 9.33. The Morgan fingerprint density at radius 3 is 2.00 bits per heavy atom. The van der Waals surface area contributed by atoms with Crippen LogP contribution in [-0.2, 0) is 0 Å². The van der Waals surface area contributed by atoms with Gasteiger partial charge in [-0.2, -0.15) is 20.8 Å². The number of unbranched alkanes of at least 4 members (excludes halogenated alkanes) is 2. The second-order valence-electron chi connectivity index (χ2n) is 4.89. The van der Waals surface area contributed by atoms with Crippen LogP contribution in [-0.4, -0.2) is 11.1 Å². The number of rotatable bonds is 8. The summed E-state index contributed by atoms with van der Waals surface area (Å²) in [5, 5.41) is 26.7. The van der Waals surface area contributed by atoms with Gasteiger partial charge in [-0.15, -0.1) is 0 Å². The fourth-order valence-corrected chi connectivity index (χ4v) is 1.50. The van der Waals surface area contributed by atoms with Gasteiger partial charge < -0.3 is 0 Å². The number of hydrogen-bond acceptors (Lipinski definition) is 4. The third-order valence-corrected chi connectivity index (χ3v) is 3.38. The second kappa shape index (κ2) is 7.82. The van der Waals surface area contributed by atoms with Crippen LogP contribution >= 0.6 is 0 Å². The van der Waals surface area contributed by atoms with Crippen molar-refractivity contribution in [2.24, 2.45) is 10.2 Å². The number of azo groups is 1. The summed E-state index contributed by atoms with van der Waals surface area (Å²) in [5.74, 6) is 0. The minimum atomic E-state index is -0.804. The molecule has 0 rings (SSSR count). The zero-order chi connectivity index (χ0) is 14.1. The largest absolute Gasteiger partial charge is 0.196 e. The van der Waals surface area contributed by atoms with Gasteiger partial charge in [0, 0.05) is 0 Å². The van der Waals surface area contributed by atoms with E-state index in [-0.39, 0.29) is 0 Å². The van der Waals surface area contributed by atoms with Gasteiger partial charge in [-0.1, -0.05) is 33.6 Å². The van der Waals surface area contributed by atoms with E-state index in [1.54, 1.807) is 6.92 Å². The molecule has 0 aromatic heterocycles. The monoisotopic (exact) mass is 248 g/mol. The van der Waals surface area contributed by atoms with Crippen molar-refractivity contribution in [3.63, 3.8) is 0 Å². The molecule has 100 valence electrons. The zero-order valence-corrected chi connectivity index (χ0v) is 12.0. The summed E-state index contributed by atoms with van der Waals surface area (Å²) in [5.41, 5.74) is -1.55. The molecule has 0 bridgehead atoms. The Labute approximate surface area is 111 Å². The summed E-state index contributed by atoms with van der Waals surface area (Å²) in [6.07, 6.45) is 5.17. The van der Waals surface area contributed by atoms with E-state index in [0.29, 0.717) is 12.8 Å². The molecule has 0 aromatic carbocycles. The molecule has 0 radical (unpaired) electrons. The molecule has 0 spiro atoms. The van der Waals surface area contributed by atoms with Crippen molar-refractivity contribution in [1.29, 1.82) is 10.5 Å². The molecule has 18 heavy (non-hydrogen) atoms. The van der Waals surface area contributed by atoms with Gasteiger partial charge in [-0.25, -0.2) is 0 Å². The fraction of sp³-hybridized carbons (Fsp3) is 0.857. The lowest BCUT2D eigenvalue weighted by Gasteiger charge is -2.21. The molecule has 0 aliphatic rings. The first-order chi connectivity index (χ1) is 8.51. The molecule has 4 nitrogen and oxygen atoms in total. The molecule has 0 heterocycles. The third kappa shape index (κ3) is 4.84. The van der Waals surface area contributed by atoms with Gasteiger partial charge in [0.2, 0.25) is 0 Å². The minimum Gasteiger partial charge on any atom is -0.196 e. The molecule has 0 saturated heterocycles. The van der Waals surface area contributed by atoms with E-state index in [1.807, 2.05) is 13.8 Å². The van der Waals surface area contributed by atoms with E-state index in [1.165, 1.54) is 0 Å². The molecule has 0 N–H and O–H groups in total. The second-order valence-corrected chi connectivity index (χ2v) is 4.89. The minimum absolute atomic E-state index is 0.604. The average molecular weight is 248 g/mol. The molecular formula is C14H24N4. The van der Waals surface area contributed by atoms with Gasteiger partial charge in [0.15, 0.2) is 11.1 Å². The summed E-state index contributed by atoms with van der Waals surface area (Å²) < 4.78 is 0. The molecule has 0 amide bonds. The zero-order valence-electron chi connectivity index (χ0n) is 12.0. The summed E-state index contributed by atoms with van der Waals surface area (Å²) in [6.45, 7) is 7.73. The smallest absolute Gasteiger partial charge is 0.167 e. The van der Waals surface area contributed by atoms with Crippen molar-refractivity contribution in [3.05, 3.63) is 0 Å². The maximum absolute atomic E-state index is 9.33. The Hall–Kier alpha value is -1.42. The van der Waals surface area contributed by atoms with E-state index in [2.05, 4.69) is 29.3 Å². The Balaban J connectivity index is 4.87. The number of hydrogen-bond donors (Lipinski definition) is 0.